The van der Waals surface area contributed by atoms with Crippen molar-refractivity contribution < 1.29 is 0 Å². The lowest BCUT2D eigenvalue weighted by Crippen LogP contribution is -2.23. The summed E-state index contributed by atoms with van der Waals surface area (Å²) in [7, 11) is 0. The van der Waals surface area contributed by atoms with Crippen LogP contribution in [0.1, 0.15) is 51.8 Å². The fraction of sp³-hybridized carbons (Fsp3) is 0.476. The van der Waals surface area contributed by atoms with E-state index in [9.17, 15) is 4.79 Å². The van der Waals surface area contributed by atoms with Gasteiger partial charge in [-0.05, 0) is 24.5 Å². The van der Waals surface area contributed by atoms with Crippen molar-refractivity contribution in [2.24, 2.45) is 5.92 Å². The van der Waals surface area contributed by atoms with Crippen molar-refractivity contribution in [3.8, 4) is 0 Å². The van der Waals surface area contributed by atoms with Gasteiger partial charge in [-0.2, -0.15) is 15.0 Å². The number of thioether (sulfide) groups is 1. The molecule has 0 unspecified atom stereocenters. The molecule has 0 amide bonds. The van der Waals surface area contributed by atoms with Crippen LogP contribution in [0.5, 0.6) is 0 Å². The number of hydrogen-bond donors (Lipinski definition) is 2. The number of rotatable bonds is 10. The fourth-order valence-electron chi connectivity index (χ4n) is 3.28. The van der Waals surface area contributed by atoms with Crippen LogP contribution in [0.25, 0.3) is 10.9 Å². The summed E-state index contributed by atoms with van der Waals surface area (Å²) in [5.74, 6) is 1.77. The first-order chi connectivity index (χ1) is 14.4. The van der Waals surface area contributed by atoms with E-state index in [1.165, 1.54) is 31.0 Å². The lowest BCUT2D eigenvalue weighted by Gasteiger charge is -2.13. The highest BCUT2D eigenvalue weighted by molar-refractivity contribution is 7.98. The van der Waals surface area contributed by atoms with Crippen LogP contribution in [0.15, 0.2) is 34.2 Å². The quantitative estimate of drug-likeness (QED) is 0.285. The molecule has 0 aliphatic carbocycles. The van der Waals surface area contributed by atoms with Gasteiger partial charge in [0, 0.05) is 6.54 Å². The van der Waals surface area contributed by atoms with E-state index in [0.29, 0.717) is 34.2 Å². The summed E-state index contributed by atoms with van der Waals surface area (Å²) in [6.07, 6.45) is 5.69. The maximum atomic E-state index is 13.1. The van der Waals surface area contributed by atoms with E-state index < -0.39 is 0 Å². The van der Waals surface area contributed by atoms with Crippen molar-refractivity contribution in [1.82, 2.24) is 24.5 Å². The largest absolute Gasteiger partial charge is 0.368 e. The molecular formula is C21H29N7OS. The van der Waals surface area contributed by atoms with E-state index in [4.69, 9.17) is 16.5 Å². The molecule has 0 radical (unpaired) electrons. The minimum absolute atomic E-state index is 0.0139. The zero-order valence-corrected chi connectivity index (χ0v) is 18.4. The Morgan fingerprint density at radius 1 is 0.967 bits per heavy atom. The number of benzene rings is 1. The standard InChI is InChI=1S/C21H29N7OS/c1-14(2)9-5-3-4-8-12-28-18(29)15-10-6-7-11-16(15)24-21(28)30-13-17-25-19(22)27-20(23)26-17/h6-7,10-11,14H,3-5,8-9,12-13H2,1-2H3,(H4,22,23,25,26,27). The van der Waals surface area contributed by atoms with Crippen LogP contribution in [0.3, 0.4) is 0 Å². The minimum atomic E-state index is -0.0139. The molecule has 30 heavy (non-hydrogen) atoms. The van der Waals surface area contributed by atoms with Crippen LogP contribution in [-0.2, 0) is 12.3 Å². The molecule has 0 bridgehead atoms. The van der Waals surface area contributed by atoms with Crippen molar-refractivity contribution in [1.29, 1.82) is 0 Å². The van der Waals surface area contributed by atoms with Crippen molar-refractivity contribution in [3.63, 3.8) is 0 Å². The number of nitrogens with two attached hydrogens (primary N) is 2. The van der Waals surface area contributed by atoms with E-state index >= 15 is 0 Å². The Kier molecular flexibility index (Phi) is 7.62. The Balaban J connectivity index is 1.77. The Hall–Kier alpha value is -2.68. The molecule has 0 saturated heterocycles. The van der Waals surface area contributed by atoms with Gasteiger partial charge < -0.3 is 11.5 Å². The third-order valence-electron chi connectivity index (χ3n) is 4.79. The zero-order chi connectivity index (χ0) is 21.5. The lowest BCUT2D eigenvalue weighted by atomic mass is 10.0. The molecular weight excluding hydrogens is 398 g/mol. The molecule has 8 nitrogen and oxygen atoms in total. The summed E-state index contributed by atoms with van der Waals surface area (Å²) in [5.41, 5.74) is 12.0. The molecule has 2 heterocycles. The van der Waals surface area contributed by atoms with Gasteiger partial charge in [0.15, 0.2) is 5.16 Å². The summed E-state index contributed by atoms with van der Waals surface area (Å²) >= 11 is 1.41. The van der Waals surface area contributed by atoms with E-state index in [2.05, 4.69) is 28.8 Å². The van der Waals surface area contributed by atoms with Gasteiger partial charge in [0.05, 0.1) is 16.7 Å². The average Bonchev–Trinajstić information content (AvgIpc) is 2.69. The number of hydrogen-bond acceptors (Lipinski definition) is 8. The molecule has 0 saturated carbocycles. The van der Waals surface area contributed by atoms with Crippen LogP contribution < -0.4 is 17.0 Å². The molecule has 9 heteroatoms. The smallest absolute Gasteiger partial charge is 0.262 e. The van der Waals surface area contributed by atoms with E-state index in [-0.39, 0.29) is 17.5 Å². The summed E-state index contributed by atoms with van der Waals surface area (Å²) in [6, 6.07) is 7.43. The SMILES string of the molecule is CC(C)CCCCCCn1c(SCc2nc(N)nc(N)n2)nc2ccccc2c1=O. The highest BCUT2D eigenvalue weighted by Crippen LogP contribution is 2.22. The van der Waals surface area contributed by atoms with Crippen molar-refractivity contribution in [2.45, 2.75) is 63.4 Å². The third-order valence-corrected chi connectivity index (χ3v) is 5.76. The lowest BCUT2D eigenvalue weighted by molar-refractivity contribution is 0.491. The van der Waals surface area contributed by atoms with Gasteiger partial charge in [-0.1, -0.05) is 63.4 Å². The zero-order valence-electron chi connectivity index (χ0n) is 17.5. The van der Waals surface area contributed by atoms with Crippen LogP contribution in [-0.4, -0.2) is 24.5 Å². The second kappa shape index (κ2) is 10.4. The Labute approximate surface area is 180 Å². The predicted octanol–water partition coefficient (Wildman–Crippen LogP) is 3.64. The van der Waals surface area contributed by atoms with Gasteiger partial charge in [-0.25, -0.2) is 4.98 Å². The van der Waals surface area contributed by atoms with Crippen LogP contribution >= 0.6 is 11.8 Å². The number of anilines is 2. The maximum Gasteiger partial charge on any atom is 0.262 e. The second-order valence-electron chi connectivity index (χ2n) is 7.72. The molecule has 3 rings (SSSR count). The van der Waals surface area contributed by atoms with Gasteiger partial charge in [0.2, 0.25) is 11.9 Å². The Bertz CT molecular complexity index is 1030. The predicted molar refractivity (Wildman–Crippen MR) is 122 cm³/mol. The molecule has 0 aliphatic heterocycles. The molecule has 0 spiro atoms. The average molecular weight is 428 g/mol. The van der Waals surface area contributed by atoms with Gasteiger partial charge in [0.1, 0.15) is 5.82 Å². The normalized spacial score (nSPS) is 11.4. The van der Waals surface area contributed by atoms with Crippen LogP contribution in [0.4, 0.5) is 11.9 Å². The molecule has 3 aromatic rings. The number of para-hydroxylation sites is 1. The summed E-state index contributed by atoms with van der Waals surface area (Å²) in [4.78, 5) is 29.8. The highest BCUT2D eigenvalue weighted by Gasteiger charge is 2.13. The Morgan fingerprint density at radius 2 is 1.67 bits per heavy atom. The third kappa shape index (κ3) is 5.91. The molecule has 0 fully saturated rings. The summed E-state index contributed by atoms with van der Waals surface area (Å²) < 4.78 is 1.77. The first-order valence-corrected chi connectivity index (χ1v) is 11.3. The molecule has 0 atom stereocenters. The number of fused-ring (bicyclic) bond motifs is 1. The second-order valence-corrected chi connectivity index (χ2v) is 8.66. The number of aromatic nitrogens is 5. The maximum absolute atomic E-state index is 13.1. The van der Waals surface area contributed by atoms with E-state index in [0.717, 1.165) is 18.8 Å². The molecule has 0 aliphatic rings. The van der Waals surface area contributed by atoms with E-state index in [1.54, 1.807) is 4.57 Å². The molecule has 1 aromatic carbocycles. The van der Waals surface area contributed by atoms with Crippen LogP contribution in [0, 0.1) is 5.92 Å². The van der Waals surface area contributed by atoms with Gasteiger partial charge in [-0.15, -0.1) is 0 Å². The molecule has 160 valence electrons. The molecule has 4 N–H and O–H groups in total. The van der Waals surface area contributed by atoms with Crippen molar-refractivity contribution in [3.05, 3.63) is 40.4 Å². The monoisotopic (exact) mass is 427 g/mol. The number of unbranched alkanes of at least 4 members (excludes halogenated alkanes) is 3. The Morgan fingerprint density at radius 3 is 2.40 bits per heavy atom. The first kappa shape index (κ1) is 22.0. The van der Waals surface area contributed by atoms with Gasteiger partial charge >= 0.3 is 0 Å². The van der Waals surface area contributed by atoms with Crippen LogP contribution in [0.2, 0.25) is 0 Å². The van der Waals surface area contributed by atoms with Gasteiger partial charge in [-0.3, -0.25) is 9.36 Å². The number of nitrogen functional groups attached to an aromatic ring is 2. The number of nitrogens with zero attached hydrogens (tertiary/aromatic N) is 5. The fourth-order valence-corrected chi connectivity index (χ4v) is 4.16. The highest BCUT2D eigenvalue weighted by atomic mass is 32.2. The summed E-state index contributed by atoms with van der Waals surface area (Å²) in [5, 5.41) is 1.29. The first-order valence-electron chi connectivity index (χ1n) is 10.3. The van der Waals surface area contributed by atoms with Gasteiger partial charge in [0.25, 0.3) is 5.56 Å². The topological polar surface area (TPSA) is 126 Å². The van der Waals surface area contributed by atoms with Crippen molar-refractivity contribution in [2.75, 3.05) is 11.5 Å². The summed E-state index contributed by atoms with van der Waals surface area (Å²) in [6.45, 7) is 5.14. The molecule has 2 aromatic heterocycles. The van der Waals surface area contributed by atoms with Crippen molar-refractivity contribution >= 4 is 34.6 Å². The minimum Gasteiger partial charge on any atom is -0.368 e. The van der Waals surface area contributed by atoms with E-state index in [1.807, 2.05) is 24.3 Å².